The number of benzene rings is 2. The third-order valence-corrected chi connectivity index (χ3v) is 3.94. The van der Waals surface area contributed by atoms with E-state index in [1.165, 1.54) is 11.1 Å². The molecule has 0 N–H and O–H groups in total. The Hall–Kier alpha value is -1.81. The molecule has 0 bridgehead atoms. The van der Waals surface area contributed by atoms with Crippen molar-refractivity contribution >= 4 is 27.0 Å². The van der Waals surface area contributed by atoms with Crippen molar-refractivity contribution in [3.8, 4) is 5.75 Å². The Morgan fingerprint density at radius 3 is 2.65 bits per heavy atom. The van der Waals surface area contributed by atoms with Crippen LogP contribution in [0.2, 0.25) is 0 Å². The van der Waals surface area contributed by atoms with Crippen molar-refractivity contribution < 1.29 is 4.74 Å². The van der Waals surface area contributed by atoms with E-state index in [1.54, 1.807) is 7.11 Å². The maximum atomic E-state index is 5.18. The number of ether oxygens (including phenoxy) is 1. The first-order valence-corrected chi connectivity index (χ1v) is 7.20. The molecule has 0 aliphatic carbocycles. The van der Waals surface area contributed by atoms with E-state index >= 15 is 0 Å². The molecule has 0 radical (unpaired) electrons. The van der Waals surface area contributed by atoms with Gasteiger partial charge in [0.05, 0.1) is 19.0 Å². The number of aromatic nitrogens is 2. The zero-order chi connectivity index (χ0) is 14.1. The number of hydrogen-bond acceptors (Lipinski definition) is 2. The van der Waals surface area contributed by atoms with E-state index in [1.807, 2.05) is 18.5 Å². The van der Waals surface area contributed by atoms with Gasteiger partial charge in [0.25, 0.3) is 0 Å². The van der Waals surface area contributed by atoms with Crippen molar-refractivity contribution in [1.29, 1.82) is 0 Å². The number of nitrogens with zero attached hydrogens (tertiary/aromatic N) is 2. The lowest BCUT2D eigenvalue weighted by molar-refractivity contribution is 0.414. The van der Waals surface area contributed by atoms with Crippen LogP contribution in [0, 0.1) is 6.92 Å². The van der Waals surface area contributed by atoms with Crippen LogP contribution >= 0.6 is 15.9 Å². The molecule has 1 aromatic heterocycles. The van der Waals surface area contributed by atoms with Crippen molar-refractivity contribution in [2.75, 3.05) is 7.11 Å². The molecule has 0 saturated carbocycles. The summed E-state index contributed by atoms with van der Waals surface area (Å²) < 4.78 is 8.38. The molecule has 0 atom stereocenters. The van der Waals surface area contributed by atoms with Crippen LogP contribution in [0.3, 0.4) is 0 Å². The Kier molecular flexibility index (Phi) is 3.49. The lowest BCUT2D eigenvalue weighted by Gasteiger charge is -2.07. The van der Waals surface area contributed by atoms with Gasteiger partial charge in [-0.25, -0.2) is 4.98 Å². The standard InChI is InChI=1S/C16H15BrN2O/c1-11-7-14(17)16-15(8-11)19(10-18-16)9-12-3-5-13(20-2)6-4-12/h3-8,10H,9H2,1-2H3. The second kappa shape index (κ2) is 5.29. The van der Waals surface area contributed by atoms with E-state index in [-0.39, 0.29) is 0 Å². The van der Waals surface area contributed by atoms with Crippen molar-refractivity contribution in [3.63, 3.8) is 0 Å². The molecule has 0 fully saturated rings. The van der Waals surface area contributed by atoms with Gasteiger partial charge in [-0.1, -0.05) is 12.1 Å². The highest BCUT2D eigenvalue weighted by Gasteiger charge is 2.07. The monoisotopic (exact) mass is 330 g/mol. The van der Waals surface area contributed by atoms with Crippen LogP contribution < -0.4 is 4.74 Å². The third kappa shape index (κ3) is 2.43. The summed E-state index contributed by atoms with van der Waals surface area (Å²) in [5, 5.41) is 0. The molecule has 0 spiro atoms. The van der Waals surface area contributed by atoms with E-state index in [4.69, 9.17) is 4.74 Å². The van der Waals surface area contributed by atoms with Crippen LogP contribution in [0.25, 0.3) is 11.0 Å². The summed E-state index contributed by atoms with van der Waals surface area (Å²) in [6.07, 6.45) is 1.89. The fourth-order valence-corrected chi connectivity index (χ4v) is 2.97. The smallest absolute Gasteiger partial charge is 0.118 e. The predicted molar refractivity (Wildman–Crippen MR) is 84.3 cm³/mol. The molecule has 20 heavy (non-hydrogen) atoms. The Labute approximate surface area is 126 Å². The lowest BCUT2D eigenvalue weighted by Crippen LogP contribution is -1.98. The average molecular weight is 331 g/mol. The Bertz CT molecular complexity index is 747. The average Bonchev–Trinajstić information content (AvgIpc) is 2.83. The lowest BCUT2D eigenvalue weighted by atomic mass is 10.2. The molecule has 0 amide bonds. The molecule has 2 aromatic carbocycles. The van der Waals surface area contributed by atoms with E-state index < -0.39 is 0 Å². The molecule has 0 unspecified atom stereocenters. The minimum atomic E-state index is 0.802. The predicted octanol–water partition coefficient (Wildman–Crippen LogP) is 4.16. The first-order chi connectivity index (χ1) is 9.67. The molecule has 102 valence electrons. The van der Waals surface area contributed by atoms with Crippen molar-refractivity contribution in [1.82, 2.24) is 9.55 Å². The highest BCUT2D eigenvalue weighted by molar-refractivity contribution is 9.10. The summed E-state index contributed by atoms with van der Waals surface area (Å²) in [6.45, 7) is 2.89. The zero-order valence-electron chi connectivity index (χ0n) is 11.4. The van der Waals surface area contributed by atoms with Gasteiger partial charge in [0, 0.05) is 11.0 Å². The molecule has 3 nitrogen and oxygen atoms in total. The quantitative estimate of drug-likeness (QED) is 0.720. The second-order valence-corrected chi connectivity index (χ2v) is 5.69. The van der Waals surface area contributed by atoms with E-state index in [0.29, 0.717) is 0 Å². The fraction of sp³-hybridized carbons (Fsp3) is 0.188. The summed E-state index contributed by atoms with van der Waals surface area (Å²) in [6, 6.07) is 12.4. The summed E-state index contributed by atoms with van der Waals surface area (Å²) in [5.74, 6) is 0.878. The minimum absolute atomic E-state index is 0.802. The Morgan fingerprint density at radius 1 is 1.20 bits per heavy atom. The number of imidazole rings is 1. The van der Waals surface area contributed by atoms with Crippen molar-refractivity contribution in [3.05, 3.63) is 58.3 Å². The third-order valence-electron chi connectivity index (χ3n) is 3.34. The molecule has 0 aliphatic rings. The van der Waals surface area contributed by atoms with Gasteiger partial charge in [-0.3, -0.25) is 0 Å². The molecule has 0 aliphatic heterocycles. The summed E-state index contributed by atoms with van der Waals surface area (Å²) in [5.41, 5.74) is 4.60. The van der Waals surface area contributed by atoms with E-state index in [2.05, 4.69) is 56.7 Å². The summed E-state index contributed by atoms with van der Waals surface area (Å²) in [4.78, 5) is 4.48. The number of halogens is 1. The number of rotatable bonds is 3. The fourth-order valence-electron chi connectivity index (χ4n) is 2.31. The number of methoxy groups -OCH3 is 1. The van der Waals surface area contributed by atoms with Gasteiger partial charge in [0.15, 0.2) is 0 Å². The van der Waals surface area contributed by atoms with Crippen molar-refractivity contribution in [2.24, 2.45) is 0 Å². The zero-order valence-corrected chi connectivity index (χ0v) is 13.0. The van der Waals surface area contributed by atoms with Gasteiger partial charge in [-0.15, -0.1) is 0 Å². The SMILES string of the molecule is COc1ccc(Cn2cnc3c(Br)cc(C)cc32)cc1. The second-order valence-electron chi connectivity index (χ2n) is 4.84. The van der Waals surface area contributed by atoms with Gasteiger partial charge in [0.2, 0.25) is 0 Å². The number of aryl methyl sites for hydroxylation is 1. The van der Waals surface area contributed by atoms with Crippen LogP contribution in [0.15, 0.2) is 47.2 Å². The van der Waals surface area contributed by atoms with Crippen LogP contribution in [-0.4, -0.2) is 16.7 Å². The van der Waals surface area contributed by atoms with Crippen LogP contribution in [0.4, 0.5) is 0 Å². The van der Waals surface area contributed by atoms with Gasteiger partial charge in [-0.2, -0.15) is 0 Å². The van der Waals surface area contributed by atoms with Crippen LogP contribution in [0.5, 0.6) is 5.75 Å². The van der Waals surface area contributed by atoms with Gasteiger partial charge in [0.1, 0.15) is 11.3 Å². The normalized spacial score (nSPS) is 10.9. The Morgan fingerprint density at radius 2 is 1.95 bits per heavy atom. The Balaban J connectivity index is 1.97. The summed E-state index contributed by atoms with van der Waals surface area (Å²) in [7, 11) is 1.68. The van der Waals surface area contributed by atoms with Crippen LogP contribution in [0.1, 0.15) is 11.1 Å². The van der Waals surface area contributed by atoms with Crippen LogP contribution in [-0.2, 0) is 6.54 Å². The minimum Gasteiger partial charge on any atom is -0.497 e. The first-order valence-electron chi connectivity index (χ1n) is 6.41. The molecule has 4 heteroatoms. The molecule has 3 rings (SSSR count). The topological polar surface area (TPSA) is 27.1 Å². The highest BCUT2D eigenvalue weighted by Crippen LogP contribution is 2.25. The molecule has 0 saturated heterocycles. The van der Waals surface area contributed by atoms with E-state index in [0.717, 1.165) is 27.8 Å². The molecular weight excluding hydrogens is 316 g/mol. The van der Waals surface area contributed by atoms with E-state index in [9.17, 15) is 0 Å². The molecule has 1 heterocycles. The number of hydrogen-bond donors (Lipinski definition) is 0. The van der Waals surface area contributed by atoms with Gasteiger partial charge < -0.3 is 9.30 Å². The largest absolute Gasteiger partial charge is 0.497 e. The first kappa shape index (κ1) is 13.2. The van der Waals surface area contributed by atoms with Gasteiger partial charge >= 0.3 is 0 Å². The maximum Gasteiger partial charge on any atom is 0.118 e. The number of fused-ring (bicyclic) bond motifs is 1. The maximum absolute atomic E-state index is 5.18. The highest BCUT2D eigenvalue weighted by atomic mass is 79.9. The summed E-state index contributed by atoms with van der Waals surface area (Å²) >= 11 is 3.57. The molecular formula is C16H15BrN2O. The molecule has 3 aromatic rings. The van der Waals surface area contributed by atoms with Gasteiger partial charge in [-0.05, 0) is 58.2 Å². The van der Waals surface area contributed by atoms with Crippen molar-refractivity contribution in [2.45, 2.75) is 13.5 Å².